The molecule has 4 nitrogen and oxygen atoms in total. The van der Waals surface area contributed by atoms with Crippen LogP contribution in [0.25, 0.3) is 0 Å². The van der Waals surface area contributed by atoms with Gasteiger partial charge < -0.3 is 10.2 Å². The van der Waals surface area contributed by atoms with Crippen LogP contribution in [0.15, 0.2) is 12.4 Å². The summed E-state index contributed by atoms with van der Waals surface area (Å²) in [7, 11) is 2.08. The maximum atomic E-state index is 4.50. The van der Waals surface area contributed by atoms with E-state index in [1.807, 2.05) is 24.2 Å². The van der Waals surface area contributed by atoms with E-state index in [4.69, 9.17) is 0 Å². The van der Waals surface area contributed by atoms with E-state index >= 15 is 0 Å². The molecule has 1 aromatic rings. The van der Waals surface area contributed by atoms with Crippen LogP contribution in [0.1, 0.15) is 39.7 Å². The van der Waals surface area contributed by atoms with Gasteiger partial charge in [-0.1, -0.05) is 6.92 Å². The normalized spacial score (nSPS) is 13.3. The molecular weight excluding hydrogens is 268 g/mol. The molecule has 1 rings (SSSR count). The molecular formula is C15H28N4S. The SMILES string of the molecule is CCC(CSC)N(C)c1ncc(CNC(C)(C)C)cn1. The van der Waals surface area contributed by atoms with Crippen LogP contribution < -0.4 is 10.2 Å². The van der Waals surface area contributed by atoms with Crippen LogP contribution in [0.2, 0.25) is 0 Å². The number of hydrogen-bond acceptors (Lipinski definition) is 5. The Kier molecular flexibility index (Phi) is 6.76. The first-order chi connectivity index (χ1) is 9.37. The van der Waals surface area contributed by atoms with Gasteiger partial charge in [-0.15, -0.1) is 0 Å². The molecule has 0 aliphatic rings. The standard InChI is InChI=1S/C15H28N4S/c1-7-13(11-20-6)19(5)14-16-8-12(9-17-14)10-18-15(2,3)4/h8-9,13,18H,7,10-11H2,1-6H3. The predicted octanol–water partition coefficient (Wildman–Crippen LogP) is 2.94. The van der Waals surface area contributed by atoms with E-state index in [0.29, 0.717) is 6.04 Å². The Hall–Kier alpha value is -0.810. The van der Waals surface area contributed by atoms with Crippen LogP contribution in [0, 0.1) is 0 Å². The number of aromatic nitrogens is 2. The minimum absolute atomic E-state index is 0.112. The summed E-state index contributed by atoms with van der Waals surface area (Å²) in [5.74, 6) is 1.91. The van der Waals surface area contributed by atoms with E-state index in [2.05, 4.69) is 61.2 Å². The maximum absolute atomic E-state index is 4.50. The lowest BCUT2D eigenvalue weighted by Gasteiger charge is -2.26. The van der Waals surface area contributed by atoms with Crippen molar-refractivity contribution in [3.05, 3.63) is 18.0 Å². The van der Waals surface area contributed by atoms with E-state index in [1.54, 1.807) is 0 Å². The fraction of sp³-hybridized carbons (Fsp3) is 0.733. The summed E-state index contributed by atoms with van der Waals surface area (Å²) >= 11 is 1.86. The quantitative estimate of drug-likeness (QED) is 0.838. The molecule has 114 valence electrons. The fourth-order valence-corrected chi connectivity index (χ4v) is 2.69. The zero-order valence-corrected chi connectivity index (χ0v) is 14.4. The van der Waals surface area contributed by atoms with Gasteiger partial charge in [-0.05, 0) is 33.4 Å². The highest BCUT2D eigenvalue weighted by Crippen LogP contribution is 2.14. The number of nitrogens with zero attached hydrogens (tertiary/aromatic N) is 3. The molecule has 0 aromatic carbocycles. The largest absolute Gasteiger partial charge is 0.340 e. The Morgan fingerprint density at radius 3 is 2.35 bits per heavy atom. The molecule has 0 saturated carbocycles. The Morgan fingerprint density at radius 1 is 1.30 bits per heavy atom. The fourth-order valence-electron chi connectivity index (χ4n) is 1.85. The number of thioether (sulfide) groups is 1. The van der Waals surface area contributed by atoms with E-state index in [0.717, 1.165) is 30.2 Å². The van der Waals surface area contributed by atoms with E-state index < -0.39 is 0 Å². The molecule has 0 radical (unpaired) electrons. The molecule has 5 heteroatoms. The Bertz CT molecular complexity index is 386. The third kappa shape index (κ3) is 5.67. The molecule has 1 N–H and O–H groups in total. The zero-order chi connectivity index (χ0) is 15.2. The van der Waals surface area contributed by atoms with Gasteiger partial charge in [-0.2, -0.15) is 11.8 Å². The minimum atomic E-state index is 0.112. The van der Waals surface area contributed by atoms with Crippen molar-refractivity contribution in [1.29, 1.82) is 0 Å². The summed E-state index contributed by atoms with van der Waals surface area (Å²) in [4.78, 5) is 11.2. The highest BCUT2D eigenvalue weighted by atomic mass is 32.2. The smallest absolute Gasteiger partial charge is 0.225 e. The molecule has 0 aliphatic carbocycles. The lowest BCUT2D eigenvalue weighted by atomic mass is 10.1. The van der Waals surface area contributed by atoms with Gasteiger partial charge in [0.15, 0.2) is 0 Å². The molecule has 0 fully saturated rings. The summed E-state index contributed by atoms with van der Waals surface area (Å²) in [6, 6.07) is 0.489. The van der Waals surface area contributed by atoms with Crippen molar-refractivity contribution in [2.24, 2.45) is 0 Å². The van der Waals surface area contributed by atoms with Crippen molar-refractivity contribution < 1.29 is 0 Å². The van der Waals surface area contributed by atoms with Crippen molar-refractivity contribution in [2.45, 2.75) is 52.2 Å². The molecule has 20 heavy (non-hydrogen) atoms. The molecule has 0 aliphatic heterocycles. The van der Waals surface area contributed by atoms with Crippen LogP contribution in [0.3, 0.4) is 0 Å². The molecule has 0 bridgehead atoms. The second-order valence-corrected chi connectivity index (χ2v) is 7.03. The van der Waals surface area contributed by atoms with E-state index in [-0.39, 0.29) is 5.54 Å². The first-order valence-corrected chi connectivity index (χ1v) is 8.54. The van der Waals surface area contributed by atoms with Crippen LogP contribution in [-0.4, -0.2) is 40.6 Å². The number of hydrogen-bond donors (Lipinski definition) is 1. The Morgan fingerprint density at radius 2 is 1.90 bits per heavy atom. The Balaban J connectivity index is 2.65. The van der Waals surface area contributed by atoms with Gasteiger partial charge >= 0.3 is 0 Å². The van der Waals surface area contributed by atoms with Crippen LogP contribution >= 0.6 is 11.8 Å². The summed E-state index contributed by atoms with van der Waals surface area (Å²) in [5, 5.41) is 3.44. The van der Waals surface area contributed by atoms with Crippen molar-refractivity contribution in [3.63, 3.8) is 0 Å². The predicted molar refractivity (Wildman–Crippen MR) is 89.5 cm³/mol. The third-order valence-electron chi connectivity index (χ3n) is 3.21. The Labute approximate surface area is 127 Å². The van der Waals surface area contributed by atoms with Gasteiger partial charge in [0.1, 0.15) is 0 Å². The topological polar surface area (TPSA) is 41.1 Å². The van der Waals surface area contributed by atoms with E-state index in [1.165, 1.54) is 0 Å². The van der Waals surface area contributed by atoms with Gasteiger partial charge in [0, 0.05) is 48.9 Å². The van der Waals surface area contributed by atoms with Gasteiger partial charge in [0.25, 0.3) is 0 Å². The lowest BCUT2D eigenvalue weighted by Crippen LogP contribution is -2.35. The van der Waals surface area contributed by atoms with Gasteiger partial charge in [0.2, 0.25) is 5.95 Å². The second kappa shape index (κ2) is 7.84. The molecule has 1 aromatic heterocycles. The lowest BCUT2D eigenvalue weighted by molar-refractivity contribution is 0.423. The average molecular weight is 296 g/mol. The maximum Gasteiger partial charge on any atom is 0.225 e. The first-order valence-electron chi connectivity index (χ1n) is 7.15. The van der Waals surface area contributed by atoms with Crippen LogP contribution in [0.5, 0.6) is 0 Å². The monoisotopic (exact) mass is 296 g/mol. The molecule has 0 spiro atoms. The van der Waals surface area contributed by atoms with Crippen molar-refractivity contribution in [1.82, 2.24) is 15.3 Å². The van der Waals surface area contributed by atoms with Gasteiger partial charge in [-0.3, -0.25) is 0 Å². The minimum Gasteiger partial charge on any atom is -0.340 e. The number of nitrogens with one attached hydrogen (secondary N) is 1. The summed E-state index contributed by atoms with van der Waals surface area (Å²) in [6.45, 7) is 9.48. The summed E-state index contributed by atoms with van der Waals surface area (Å²) in [6.07, 6.45) is 7.08. The second-order valence-electron chi connectivity index (χ2n) is 6.12. The number of rotatable bonds is 7. The number of anilines is 1. The zero-order valence-electron chi connectivity index (χ0n) is 13.6. The molecule has 1 atom stereocenters. The molecule has 1 heterocycles. The van der Waals surface area contributed by atoms with Crippen molar-refractivity contribution in [3.8, 4) is 0 Å². The van der Waals surface area contributed by atoms with Crippen molar-refractivity contribution >= 4 is 17.7 Å². The summed E-state index contributed by atoms with van der Waals surface area (Å²) < 4.78 is 0. The average Bonchev–Trinajstić information content (AvgIpc) is 2.41. The van der Waals surface area contributed by atoms with Crippen LogP contribution in [-0.2, 0) is 6.54 Å². The third-order valence-corrected chi connectivity index (χ3v) is 3.93. The highest BCUT2D eigenvalue weighted by Gasteiger charge is 2.15. The van der Waals surface area contributed by atoms with Crippen LogP contribution in [0.4, 0.5) is 5.95 Å². The molecule has 0 saturated heterocycles. The molecule has 0 amide bonds. The van der Waals surface area contributed by atoms with Crippen molar-refractivity contribution in [2.75, 3.05) is 24.0 Å². The summed E-state index contributed by atoms with van der Waals surface area (Å²) in [5.41, 5.74) is 1.23. The van der Waals surface area contributed by atoms with E-state index in [9.17, 15) is 0 Å². The highest BCUT2D eigenvalue weighted by molar-refractivity contribution is 7.98. The first kappa shape index (κ1) is 17.2. The molecule has 1 unspecified atom stereocenters. The van der Waals surface area contributed by atoms with Gasteiger partial charge in [0.05, 0.1) is 0 Å². The van der Waals surface area contributed by atoms with Gasteiger partial charge in [-0.25, -0.2) is 9.97 Å².